The van der Waals surface area contributed by atoms with E-state index in [1.165, 1.54) is 6.92 Å². The topological polar surface area (TPSA) is 105 Å². The normalized spacial score (nSPS) is 44.5. The summed E-state index contributed by atoms with van der Waals surface area (Å²) in [5.41, 5.74) is -3.44. The first kappa shape index (κ1) is 26.0. The molecule has 8 heteroatoms. The molecule has 5 rings (SSSR count). The van der Waals surface area contributed by atoms with Crippen molar-refractivity contribution in [3.63, 3.8) is 0 Å². The van der Waals surface area contributed by atoms with Gasteiger partial charge in [-0.25, -0.2) is 4.79 Å². The molecule has 0 N–H and O–H groups in total. The number of Topliss-reactive ketones (excluding diaryl/α,β-unsaturated/α-hetero) is 1. The summed E-state index contributed by atoms with van der Waals surface area (Å²) in [6.45, 7) is 14.8. The van der Waals surface area contributed by atoms with E-state index < -0.39 is 45.7 Å². The van der Waals surface area contributed by atoms with Crippen molar-refractivity contribution < 1.29 is 38.1 Å². The molecule has 7 atom stereocenters. The van der Waals surface area contributed by atoms with Crippen molar-refractivity contribution in [3.8, 4) is 0 Å². The van der Waals surface area contributed by atoms with Crippen molar-refractivity contribution in [3.05, 3.63) is 23.0 Å². The van der Waals surface area contributed by atoms with Crippen LogP contribution < -0.4 is 0 Å². The molecule has 3 heterocycles. The fourth-order valence-corrected chi connectivity index (χ4v) is 8.79. The predicted molar refractivity (Wildman–Crippen MR) is 132 cm³/mol. The maximum absolute atomic E-state index is 13.6. The molecule has 3 unspecified atom stereocenters. The Bertz CT molecular complexity index is 1180. The van der Waals surface area contributed by atoms with Crippen molar-refractivity contribution in [1.29, 1.82) is 0 Å². The molecule has 8 nitrogen and oxygen atoms in total. The zero-order valence-electron chi connectivity index (χ0n) is 23.1. The third-order valence-corrected chi connectivity index (χ3v) is 10.7. The molecule has 0 aromatic rings. The van der Waals surface area contributed by atoms with Gasteiger partial charge in [-0.15, -0.1) is 0 Å². The zero-order chi connectivity index (χ0) is 27.3. The minimum Gasteiger partial charge on any atom is -0.471 e. The molecule has 0 amide bonds. The van der Waals surface area contributed by atoms with Gasteiger partial charge in [-0.3, -0.25) is 14.4 Å². The molecule has 0 aromatic heterocycles. The van der Waals surface area contributed by atoms with E-state index in [-0.39, 0.29) is 36.4 Å². The van der Waals surface area contributed by atoms with Crippen LogP contribution in [0.25, 0.3) is 0 Å². The van der Waals surface area contributed by atoms with Gasteiger partial charge in [-0.1, -0.05) is 19.9 Å². The lowest BCUT2D eigenvalue weighted by Gasteiger charge is -2.65. The van der Waals surface area contributed by atoms with Crippen molar-refractivity contribution in [1.82, 2.24) is 0 Å². The second-order valence-corrected chi connectivity index (χ2v) is 12.8. The van der Waals surface area contributed by atoms with Gasteiger partial charge in [0, 0.05) is 29.2 Å². The van der Waals surface area contributed by atoms with E-state index in [1.54, 1.807) is 13.8 Å². The average molecular weight is 515 g/mol. The Balaban J connectivity index is 1.66. The summed E-state index contributed by atoms with van der Waals surface area (Å²) >= 11 is 0. The van der Waals surface area contributed by atoms with E-state index in [0.29, 0.717) is 30.6 Å². The Morgan fingerprint density at radius 3 is 2.27 bits per heavy atom. The Labute approximate surface area is 218 Å². The molecule has 0 aromatic carbocycles. The van der Waals surface area contributed by atoms with Crippen molar-refractivity contribution >= 4 is 23.7 Å². The van der Waals surface area contributed by atoms with Gasteiger partial charge < -0.3 is 18.9 Å². The van der Waals surface area contributed by atoms with Gasteiger partial charge >= 0.3 is 17.9 Å². The molecule has 5 aliphatic rings. The highest BCUT2D eigenvalue weighted by Crippen LogP contribution is 2.70. The van der Waals surface area contributed by atoms with E-state index in [2.05, 4.69) is 19.9 Å². The van der Waals surface area contributed by atoms with E-state index in [0.717, 1.165) is 5.57 Å². The maximum atomic E-state index is 13.6. The van der Waals surface area contributed by atoms with Crippen LogP contribution >= 0.6 is 0 Å². The number of hydrogen-bond acceptors (Lipinski definition) is 8. The highest BCUT2D eigenvalue weighted by molar-refractivity contribution is 6.18. The van der Waals surface area contributed by atoms with E-state index in [1.807, 2.05) is 20.8 Å². The number of esters is 3. The summed E-state index contributed by atoms with van der Waals surface area (Å²) in [6, 6.07) is 0. The van der Waals surface area contributed by atoms with E-state index in [9.17, 15) is 19.2 Å². The molecular formula is C29H38O8. The molecule has 0 bridgehead atoms. The molecule has 37 heavy (non-hydrogen) atoms. The quantitative estimate of drug-likeness (QED) is 0.220. The highest BCUT2D eigenvalue weighted by atomic mass is 16.6. The summed E-state index contributed by atoms with van der Waals surface area (Å²) in [4.78, 5) is 52.0. The molecular weight excluding hydrogens is 476 g/mol. The lowest BCUT2D eigenvalue weighted by molar-refractivity contribution is -0.223. The zero-order valence-corrected chi connectivity index (χ0v) is 23.1. The number of fused-ring (bicyclic) bond motifs is 4. The fraction of sp³-hybridized carbons (Fsp3) is 0.724. The van der Waals surface area contributed by atoms with Crippen LogP contribution in [0.1, 0.15) is 87.5 Å². The minimum atomic E-state index is -1.68. The van der Waals surface area contributed by atoms with Crippen molar-refractivity contribution in [2.45, 2.75) is 110 Å². The highest BCUT2D eigenvalue weighted by Gasteiger charge is 2.76. The van der Waals surface area contributed by atoms with E-state index >= 15 is 0 Å². The summed E-state index contributed by atoms with van der Waals surface area (Å²) in [5, 5.41) is 0. The second-order valence-electron chi connectivity index (χ2n) is 12.8. The molecule has 0 radical (unpaired) electrons. The second kappa shape index (κ2) is 7.70. The predicted octanol–water partition coefficient (Wildman–Crippen LogP) is 4.35. The number of hydrogen-bond donors (Lipinski definition) is 0. The van der Waals surface area contributed by atoms with Crippen LogP contribution in [-0.4, -0.2) is 46.6 Å². The van der Waals surface area contributed by atoms with Crippen molar-refractivity contribution in [2.75, 3.05) is 0 Å². The number of allylic oxidation sites excluding steroid dienone is 2. The van der Waals surface area contributed by atoms with Crippen LogP contribution in [0.5, 0.6) is 0 Å². The third kappa shape index (κ3) is 3.13. The SMILES string of the molecule is CC(=O)OC1CC(=O)OC(C)(C)C2CC[C@@]3(C)C(CC=C(C)[C@]34C[C@]3(OC(C)=C(C)C3=O)C(=O)O4)[C@]12C. The molecule has 2 aliphatic carbocycles. The van der Waals surface area contributed by atoms with Crippen LogP contribution in [0.4, 0.5) is 0 Å². The monoisotopic (exact) mass is 514 g/mol. The smallest absolute Gasteiger partial charge is 0.359 e. The lowest BCUT2D eigenvalue weighted by atomic mass is 9.41. The lowest BCUT2D eigenvalue weighted by Crippen LogP contribution is -2.66. The third-order valence-electron chi connectivity index (χ3n) is 10.7. The van der Waals surface area contributed by atoms with Crippen LogP contribution in [0.15, 0.2) is 23.0 Å². The number of rotatable bonds is 1. The molecule has 1 saturated carbocycles. The van der Waals surface area contributed by atoms with E-state index in [4.69, 9.17) is 18.9 Å². The fourth-order valence-electron chi connectivity index (χ4n) is 8.79. The Hall–Kier alpha value is -2.64. The van der Waals surface area contributed by atoms with Gasteiger partial charge in [-0.05, 0) is 65.4 Å². The summed E-state index contributed by atoms with van der Waals surface area (Å²) in [6.07, 6.45) is 3.47. The largest absolute Gasteiger partial charge is 0.471 e. The first-order valence-electron chi connectivity index (χ1n) is 13.3. The van der Waals surface area contributed by atoms with Gasteiger partial charge in [0.2, 0.25) is 5.78 Å². The Morgan fingerprint density at radius 1 is 1.00 bits per heavy atom. The standard InChI is InChI=1S/C29H38O8/c1-15-9-10-20-26(7,29(15)14-28(24(33)37-29)23(32)16(2)17(3)35-28)12-11-19-25(5,6)36-22(31)13-21(27(19,20)8)34-18(4)30/h9,19-21H,10-14H2,1-8H3/t19?,20?,21?,26-,27+,28+,29+/m0/s1. The van der Waals surface area contributed by atoms with Crippen LogP contribution in [0.2, 0.25) is 0 Å². The Morgan fingerprint density at radius 2 is 1.68 bits per heavy atom. The number of cyclic esters (lactones) is 1. The van der Waals surface area contributed by atoms with Gasteiger partial charge in [-0.2, -0.15) is 0 Å². The molecule has 2 spiro atoms. The number of carbonyl (C=O) groups is 4. The maximum Gasteiger partial charge on any atom is 0.359 e. The van der Waals surface area contributed by atoms with Gasteiger partial charge in [0.05, 0.1) is 12.8 Å². The number of ether oxygens (including phenoxy) is 4. The average Bonchev–Trinajstić information content (AvgIpc) is 3.17. The summed E-state index contributed by atoms with van der Waals surface area (Å²) < 4.78 is 24.2. The van der Waals surface area contributed by atoms with Gasteiger partial charge in [0.15, 0.2) is 0 Å². The minimum absolute atomic E-state index is 0.0358. The van der Waals surface area contributed by atoms with Gasteiger partial charge in [0.25, 0.3) is 5.60 Å². The molecule has 3 aliphatic heterocycles. The first-order valence-corrected chi connectivity index (χ1v) is 13.3. The Kier molecular flexibility index (Phi) is 5.41. The van der Waals surface area contributed by atoms with Gasteiger partial charge in [0.1, 0.15) is 23.1 Å². The van der Waals surface area contributed by atoms with Crippen LogP contribution in [0, 0.1) is 22.7 Å². The van der Waals surface area contributed by atoms with Crippen LogP contribution in [0.3, 0.4) is 0 Å². The molecule has 3 fully saturated rings. The number of carbonyl (C=O) groups excluding carboxylic acids is 4. The number of ketones is 1. The summed E-state index contributed by atoms with van der Waals surface area (Å²) in [5.74, 6) is -1.60. The first-order chi connectivity index (χ1) is 17.0. The molecule has 2 saturated heterocycles. The molecule has 202 valence electrons. The van der Waals surface area contributed by atoms with Crippen molar-refractivity contribution in [2.24, 2.45) is 22.7 Å². The summed E-state index contributed by atoms with van der Waals surface area (Å²) in [7, 11) is 0. The van der Waals surface area contributed by atoms with Crippen LogP contribution in [-0.2, 0) is 38.1 Å².